The zero-order valence-corrected chi connectivity index (χ0v) is 12.1. The second-order valence-corrected chi connectivity index (χ2v) is 5.94. The third-order valence-corrected chi connectivity index (χ3v) is 4.36. The summed E-state index contributed by atoms with van der Waals surface area (Å²) in [5.74, 6) is 0.892. The maximum Gasteiger partial charge on any atom is 0.124 e. The van der Waals surface area contributed by atoms with Gasteiger partial charge in [0.1, 0.15) is 10.8 Å². The highest BCUT2D eigenvalue weighted by Crippen LogP contribution is 2.33. The second kappa shape index (κ2) is 5.16. The molecular weight excluding hydrogens is 300 g/mol. The van der Waals surface area contributed by atoms with E-state index in [0.717, 1.165) is 31.4 Å². The van der Waals surface area contributed by atoms with Crippen LogP contribution in [0, 0.1) is 6.92 Å². The van der Waals surface area contributed by atoms with E-state index in [-0.39, 0.29) is 0 Å². The molecule has 5 heteroatoms. The monoisotopic (exact) mass is 312 g/mol. The van der Waals surface area contributed by atoms with Gasteiger partial charge in [0.25, 0.3) is 0 Å². The van der Waals surface area contributed by atoms with Crippen LogP contribution in [0.1, 0.15) is 11.3 Å². The summed E-state index contributed by atoms with van der Waals surface area (Å²) in [5.41, 5.74) is 8.71. The Morgan fingerprint density at radius 2 is 2.24 bits per heavy atom. The zero-order valence-electron chi connectivity index (χ0n) is 9.66. The van der Waals surface area contributed by atoms with Gasteiger partial charge in [-0.15, -0.1) is 11.3 Å². The number of halogens is 1. The number of methoxy groups -OCH3 is 1. The van der Waals surface area contributed by atoms with Gasteiger partial charge >= 0.3 is 0 Å². The van der Waals surface area contributed by atoms with Crippen molar-refractivity contribution in [3.63, 3.8) is 0 Å². The van der Waals surface area contributed by atoms with Crippen LogP contribution in [0.2, 0.25) is 0 Å². The first-order chi connectivity index (χ1) is 8.15. The first-order valence-corrected chi connectivity index (χ1v) is 6.77. The summed E-state index contributed by atoms with van der Waals surface area (Å²) in [7, 11) is 1.68. The van der Waals surface area contributed by atoms with Crippen LogP contribution in [0.4, 0.5) is 0 Å². The van der Waals surface area contributed by atoms with E-state index >= 15 is 0 Å². The molecule has 0 saturated carbocycles. The van der Waals surface area contributed by atoms with Crippen molar-refractivity contribution in [2.75, 3.05) is 7.11 Å². The van der Waals surface area contributed by atoms with Crippen LogP contribution in [0.5, 0.6) is 5.75 Å². The summed E-state index contributed by atoms with van der Waals surface area (Å²) in [5, 5.41) is 0.975. The number of aromatic nitrogens is 1. The van der Waals surface area contributed by atoms with Crippen LogP contribution in [0.25, 0.3) is 10.6 Å². The molecule has 17 heavy (non-hydrogen) atoms. The summed E-state index contributed by atoms with van der Waals surface area (Å²) >= 11 is 5.07. The van der Waals surface area contributed by atoms with Crippen LogP contribution in [-0.2, 0) is 6.54 Å². The maximum absolute atomic E-state index is 5.61. The summed E-state index contributed by atoms with van der Waals surface area (Å²) in [6.07, 6.45) is 0. The molecule has 0 spiro atoms. The Hall–Kier alpha value is -0.910. The molecule has 0 amide bonds. The number of hydrogen-bond acceptors (Lipinski definition) is 4. The number of thiazole rings is 1. The third kappa shape index (κ3) is 2.51. The van der Waals surface area contributed by atoms with Crippen molar-refractivity contribution in [2.24, 2.45) is 5.73 Å². The average Bonchev–Trinajstić information content (AvgIpc) is 2.70. The van der Waals surface area contributed by atoms with Crippen molar-refractivity contribution in [3.8, 4) is 16.3 Å². The summed E-state index contributed by atoms with van der Waals surface area (Å²) in [6.45, 7) is 2.47. The van der Waals surface area contributed by atoms with Gasteiger partial charge in [0.15, 0.2) is 0 Å². The first kappa shape index (κ1) is 12.5. The minimum atomic E-state index is 0.451. The van der Waals surface area contributed by atoms with Crippen LogP contribution < -0.4 is 10.5 Å². The highest BCUT2D eigenvalue weighted by molar-refractivity contribution is 9.11. The molecule has 0 aliphatic carbocycles. The van der Waals surface area contributed by atoms with Crippen molar-refractivity contribution in [1.82, 2.24) is 4.98 Å². The van der Waals surface area contributed by atoms with Crippen molar-refractivity contribution >= 4 is 27.3 Å². The van der Waals surface area contributed by atoms with Crippen LogP contribution in [0.15, 0.2) is 22.0 Å². The Kier molecular flexibility index (Phi) is 3.81. The summed E-state index contributed by atoms with van der Waals surface area (Å²) in [4.78, 5) is 4.50. The van der Waals surface area contributed by atoms with Gasteiger partial charge in [-0.25, -0.2) is 4.98 Å². The lowest BCUT2D eigenvalue weighted by molar-refractivity contribution is 0.412. The van der Waals surface area contributed by atoms with Gasteiger partial charge in [0.2, 0.25) is 0 Å². The Balaban J connectivity index is 2.42. The van der Waals surface area contributed by atoms with E-state index in [0.29, 0.717) is 6.54 Å². The molecule has 0 bridgehead atoms. The van der Waals surface area contributed by atoms with E-state index in [1.54, 1.807) is 18.4 Å². The molecule has 2 aromatic rings. The molecule has 1 aromatic carbocycles. The van der Waals surface area contributed by atoms with Gasteiger partial charge in [-0.3, -0.25) is 0 Å². The van der Waals surface area contributed by atoms with Crippen molar-refractivity contribution < 1.29 is 4.74 Å². The quantitative estimate of drug-likeness (QED) is 0.945. The fourth-order valence-corrected chi connectivity index (χ4v) is 3.12. The fraction of sp³-hybridized carbons (Fsp3) is 0.250. The third-order valence-electron chi connectivity index (χ3n) is 2.48. The van der Waals surface area contributed by atoms with Gasteiger partial charge in [0, 0.05) is 12.1 Å². The predicted octanol–water partition coefficient (Wildman–Crippen LogP) is 3.35. The van der Waals surface area contributed by atoms with Gasteiger partial charge < -0.3 is 10.5 Å². The summed E-state index contributed by atoms with van der Waals surface area (Å²) in [6, 6.07) is 6.05. The van der Waals surface area contributed by atoms with Crippen LogP contribution in [-0.4, -0.2) is 12.1 Å². The molecule has 1 aromatic heterocycles. The molecular formula is C12H13BrN2OS. The van der Waals surface area contributed by atoms with Gasteiger partial charge in [-0.1, -0.05) is 0 Å². The molecule has 0 unspecified atom stereocenters. The molecule has 1 heterocycles. The van der Waals surface area contributed by atoms with Crippen molar-refractivity contribution in [1.29, 1.82) is 0 Å². The number of ether oxygens (including phenoxy) is 1. The lowest BCUT2D eigenvalue weighted by Crippen LogP contribution is -1.96. The minimum absolute atomic E-state index is 0.451. The zero-order chi connectivity index (χ0) is 12.4. The number of aryl methyl sites for hydroxylation is 1. The van der Waals surface area contributed by atoms with E-state index in [1.807, 2.05) is 19.1 Å². The Labute approximate surface area is 113 Å². The predicted molar refractivity (Wildman–Crippen MR) is 74.4 cm³/mol. The minimum Gasteiger partial charge on any atom is -0.496 e. The van der Waals surface area contributed by atoms with Gasteiger partial charge in [-0.05, 0) is 46.6 Å². The highest BCUT2D eigenvalue weighted by Gasteiger charge is 2.10. The van der Waals surface area contributed by atoms with Crippen molar-refractivity contribution in [2.45, 2.75) is 13.5 Å². The maximum atomic E-state index is 5.61. The van der Waals surface area contributed by atoms with E-state index in [4.69, 9.17) is 10.5 Å². The molecule has 90 valence electrons. The SMILES string of the molecule is COc1ccc(-c2nc(CN)c(Br)s2)cc1C. The van der Waals surface area contributed by atoms with E-state index < -0.39 is 0 Å². The second-order valence-electron chi connectivity index (χ2n) is 3.63. The summed E-state index contributed by atoms with van der Waals surface area (Å²) < 4.78 is 6.24. The van der Waals surface area contributed by atoms with Gasteiger partial charge in [-0.2, -0.15) is 0 Å². The Morgan fingerprint density at radius 1 is 1.47 bits per heavy atom. The van der Waals surface area contributed by atoms with Crippen LogP contribution >= 0.6 is 27.3 Å². The number of hydrogen-bond donors (Lipinski definition) is 1. The Morgan fingerprint density at radius 3 is 2.76 bits per heavy atom. The molecule has 0 fully saturated rings. The lowest BCUT2D eigenvalue weighted by Gasteiger charge is -2.05. The molecule has 3 nitrogen and oxygen atoms in total. The molecule has 0 saturated heterocycles. The first-order valence-electron chi connectivity index (χ1n) is 5.16. The standard InChI is InChI=1S/C12H13BrN2OS/c1-7-5-8(3-4-10(7)16-2)12-15-9(6-14)11(13)17-12/h3-5H,6,14H2,1-2H3. The topological polar surface area (TPSA) is 48.1 Å². The van der Waals surface area contributed by atoms with E-state index in [1.165, 1.54) is 0 Å². The fourth-order valence-electron chi connectivity index (χ4n) is 1.59. The highest BCUT2D eigenvalue weighted by atomic mass is 79.9. The van der Waals surface area contributed by atoms with E-state index in [2.05, 4.69) is 27.0 Å². The number of benzene rings is 1. The normalized spacial score (nSPS) is 10.6. The van der Waals surface area contributed by atoms with E-state index in [9.17, 15) is 0 Å². The molecule has 0 aliphatic rings. The van der Waals surface area contributed by atoms with Crippen molar-refractivity contribution in [3.05, 3.63) is 33.2 Å². The molecule has 0 atom stereocenters. The Bertz CT molecular complexity index is 539. The molecule has 2 rings (SSSR count). The number of nitrogens with two attached hydrogens (primary N) is 1. The lowest BCUT2D eigenvalue weighted by atomic mass is 10.1. The van der Waals surface area contributed by atoms with Gasteiger partial charge in [0.05, 0.1) is 16.6 Å². The average molecular weight is 313 g/mol. The number of rotatable bonds is 3. The molecule has 0 radical (unpaired) electrons. The molecule has 2 N–H and O–H groups in total. The smallest absolute Gasteiger partial charge is 0.124 e. The largest absolute Gasteiger partial charge is 0.496 e. The molecule has 0 aliphatic heterocycles. The van der Waals surface area contributed by atoms with Crippen LogP contribution in [0.3, 0.4) is 0 Å². The number of nitrogens with zero attached hydrogens (tertiary/aromatic N) is 1.